The lowest BCUT2D eigenvalue weighted by Crippen LogP contribution is -2.32. The summed E-state index contributed by atoms with van der Waals surface area (Å²) in [6.45, 7) is 7.22. The van der Waals surface area contributed by atoms with Gasteiger partial charge in [-0.05, 0) is 56.2 Å². The molecule has 1 aromatic carbocycles. The third-order valence-corrected chi connectivity index (χ3v) is 6.24. The molecule has 0 bridgehead atoms. The lowest BCUT2D eigenvalue weighted by molar-refractivity contribution is -0.126. The molecule has 156 valence electrons. The van der Waals surface area contributed by atoms with Gasteiger partial charge in [0.05, 0.1) is 22.7 Å². The smallest absolute Gasteiger partial charge is 0.229 e. The first kappa shape index (κ1) is 20.3. The van der Waals surface area contributed by atoms with E-state index in [1.165, 1.54) is 11.3 Å². The zero-order chi connectivity index (χ0) is 21.3. The Morgan fingerprint density at radius 3 is 2.93 bits per heavy atom. The fourth-order valence-corrected chi connectivity index (χ4v) is 4.59. The van der Waals surface area contributed by atoms with E-state index < -0.39 is 0 Å². The van der Waals surface area contributed by atoms with Gasteiger partial charge in [0.2, 0.25) is 11.8 Å². The van der Waals surface area contributed by atoms with Crippen molar-refractivity contribution in [3.8, 4) is 5.75 Å². The predicted octanol–water partition coefficient (Wildman–Crippen LogP) is 3.38. The molecule has 8 heteroatoms. The minimum absolute atomic E-state index is 0.0765. The number of thiazole rings is 1. The molecular weight excluding hydrogens is 400 g/mol. The summed E-state index contributed by atoms with van der Waals surface area (Å²) >= 11 is 1.44. The Morgan fingerprint density at radius 1 is 1.33 bits per heavy atom. The number of rotatable bonds is 6. The van der Waals surface area contributed by atoms with Crippen LogP contribution < -0.4 is 15.0 Å². The van der Waals surface area contributed by atoms with Gasteiger partial charge in [-0.3, -0.25) is 19.5 Å². The average Bonchev–Trinajstić information content (AvgIpc) is 3.30. The highest BCUT2D eigenvalue weighted by molar-refractivity contribution is 7.22. The van der Waals surface area contributed by atoms with Crippen LogP contribution in [0.5, 0.6) is 5.75 Å². The number of nitrogens with one attached hydrogen (secondary N) is 1. The maximum Gasteiger partial charge on any atom is 0.229 e. The number of aryl methyl sites for hydroxylation is 2. The number of benzene rings is 1. The van der Waals surface area contributed by atoms with Crippen molar-refractivity contribution in [2.24, 2.45) is 5.92 Å². The maximum absolute atomic E-state index is 12.7. The van der Waals surface area contributed by atoms with Crippen LogP contribution in [0, 0.1) is 19.8 Å². The van der Waals surface area contributed by atoms with E-state index in [4.69, 9.17) is 4.74 Å². The highest BCUT2D eigenvalue weighted by Crippen LogP contribution is 2.34. The Morgan fingerprint density at radius 2 is 2.17 bits per heavy atom. The molecule has 3 heterocycles. The van der Waals surface area contributed by atoms with Crippen LogP contribution in [0.15, 0.2) is 30.5 Å². The Bertz CT molecular complexity index is 1110. The third-order valence-electron chi connectivity index (χ3n) is 5.20. The molecule has 30 heavy (non-hydrogen) atoms. The molecule has 0 aliphatic carbocycles. The molecule has 1 N–H and O–H groups in total. The number of amides is 2. The van der Waals surface area contributed by atoms with Crippen LogP contribution in [0.25, 0.3) is 10.2 Å². The molecule has 3 aromatic rings. The summed E-state index contributed by atoms with van der Waals surface area (Å²) in [5, 5.41) is 3.57. The Balaban J connectivity index is 1.43. The van der Waals surface area contributed by atoms with Crippen LogP contribution in [0.4, 0.5) is 5.13 Å². The van der Waals surface area contributed by atoms with E-state index in [2.05, 4.69) is 15.3 Å². The molecule has 4 rings (SSSR count). The third kappa shape index (κ3) is 4.14. The van der Waals surface area contributed by atoms with E-state index >= 15 is 0 Å². The van der Waals surface area contributed by atoms with Gasteiger partial charge in [0.15, 0.2) is 5.13 Å². The molecular formula is C22H24N4O3S. The molecule has 1 saturated heterocycles. The van der Waals surface area contributed by atoms with Gasteiger partial charge in [0.1, 0.15) is 5.75 Å². The molecule has 7 nitrogen and oxygen atoms in total. The number of ether oxygens (including phenoxy) is 1. The van der Waals surface area contributed by atoms with Gasteiger partial charge < -0.3 is 10.1 Å². The second kappa shape index (κ2) is 8.39. The molecule has 1 fully saturated rings. The summed E-state index contributed by atoms with van der Waals surface area (Å²) < 4.78 is 6.49. The normalized spacial score (nSPS) is 16.3. The predicted molar refractivity (Wildman–Crippen MR) is 117 cm³/mol. The van der Waals surface area contributed by atoms with Crippen LogP contribution in [-0.4, -0.2) is 34.9 Å². The quantitative estimate of drug-likeness (QED) is 0.656. The molecule has 1 aliphatic rings. The fourth-order valence-electron chi connectivity index (χ4n) is 3.57. The first-order valence-electron chi connectivity index (χ1n) is 9.98. The van der Waals surface area contributed by atoms with Gasteiger partial charge in [-0.25, -0.2) is 4.98 Å². The van der Waals surface area contributed by atoms with Gasteiger partial charge >= 0.3 is 0 Å². The maximum atomic E-state index is 12.7. The average molecular weight is 425 g/mol. The van der Waals surface area contributed by atoms with E-state index in [0.717, 1.165) is 32.8 Å². The number of anilines is 1. The molecule has 1 atom stereocenters. The second-order valence-electron chi connectivity index (χ2n) is 7.43. The van der Waals surface area contributed by atoms with Gasteiger partial charge in [-0.1, -0.05) is 11.3 Å². The van der Waals surface area contributed by atoms with Crippen LogP contribution in [-0.2, 0) is 16.1 Å². The molecule has 1 unspecified atom stereocenters. The monoisotopic (exact) mass is 424 g/mol. The molecule has 1 aliphatic heterocycles. The number of aromatic nitrogens is 2. The van der Waals surface area contributed by atoms with Crippen molar-refractivity contribution < 1.29 is 14.3 Å². The molecule has 0 saturated carbocycles. The number of hydrogen-bond donors (Lipinski definition) is 1. The summed E-state index contributed by atoms with van der Waals surface area (Å²) in [6, 6.07) is 7.69. The fraction of sp³-hybridized carbons (Fsp3) is 0.364. The minimum atomic E-state index is -0.387. The van der Waals surface area contributed by atoms with Crippen molar-refractivity contribution in [1.82, 2.24) is 15.3 Å². The van der Waals surface area contributed by atoms with Crippen molar-refractivity contribution in [3.63, 3.8) is 0 Å². The van der Waals surface area contributed by atoms with Crippen molar-refractivity contribution >= 4 is 38.5 Å². The summed E-state index contributed by atoms with van der Waals surface area (Å²) in [6.07, 6.45) is 1.98. The number of carbonyl (C=O) groups is 2. The second-order valence-corrected chi connectivity index (χ2v) is 8.44. The summed E-state index contributed by atoms with van der Waals surface area (Å²) in [7, 11) is 0. The van der Waals surface area contributed by atoms with Crippen LogP contribution in [0.2, 0.25) is 0 Å². The highest BCUT2D eigenvalue weighted by atomic mass is 32.1. The first-order chi connectivity index (χ1) is 14.4. The van der Waals surface area contributed by atoms with Crippen molar-refractivity contribution in [2.45, 2.75) is 33.7 Å². The lowest BCUT2D eigenvalue weighted by Gasteiger charge is -2.13. The standard InChI is InChI=1S/C22H24N4O3S/c1-4-29-17-5-6-18-19(9-17)30-22(25-18)26-12-15(8-20(26)27)21(28)24-11-16-10-23-14(3)7-13(16)2/h5-7,9-10,15H,4,8,11-12H2,1-3H3,(H,24,28). The molecule has 2 aromatic heterocycles. The number of hydrogen-bond acceptors (Lipinski definition) is 6. The molecule has 2 amide bonds. The number of nitrogens with zero attached hydrogens (tertiary/aromatic N) is 3. The highest BCUT2D eigenvalue weighted by Gasteiger charge is 2.36. The minimum Gasteiger partial charge on any atom is -0.494 e. The molecule has 0 radical (unpaired) electrons. The van der Waals surface area contributed by atoms with Crippen molar-refractivity contribution in [3.05, 3.63) is 47.3 Å². The van der Waals surface area contributed by atoms with Gasteiger partial charge in [0.25, 0.3) is 0 Å². The lowest BCUT2D eigenvalue weighted by atomic mass is 10.1. The Hall–Kier alpha value is -3.00. The summed E-state index contributed by atoms with van der Waals surface area (Å²) in [4.78, 5) is 35.7. The first-order valence-corrected chi connectivity index (χ1v) is 10.8. The summed E-state index contributed by atoms with van der Waals surface area (Å²) in [5.41, 5.74) is 3.84. The number of carbonyl (C=O) groups excluding carboxylic acids is 2. The largest absolute Gasteiger partial charge is 0.494 e. The number of pyridine rings is 1. The van der Waals surface area contributed by atoms with Gasteiger partial charge in [-0.15, -0.1) is 0 Å². The van der Waals surface area contributed by atoms with Gasteiger partial charge in [-0.2, -0.15) is 0 Å². The van der Waals surface area contributed by atoms with Crippen molar-refractivity contribution in [1.29, 1.82) is 0 Å². The summed E-state index contributed by atoms with van der Waals surface area (Å²) in [5.74, 6) is 0.200. The Kier molecular flexibility index (Phi) is 5.67. The van der Waals surface area contributed by atoms with E-state index in [0.29, 0.717) is 24.8 Å². The van der Waals surface area contributed by atoms with E-state index in [9.17, 15) is 9.59 Å². The van der Waals surface area contributed by atoms with Crippen LogP contribution >= 0.6 is 11.3 Å². The topological polar surface area (TPSA) is 84.4 Å². The van der Waals surface area contributed by atoms with E-state index in [1.807, 2.05) is 45.0 Å². The Labute approximate surface area is 179 Å². The zero-order valence-corrected chi connectivity index (χ0v) is 18.1. The molecule has 0 spiro atoms. The van der Waals surface area contributed by atoms with Crippen molar-refractivity contribution in [2.75, 3.05) is 18.1 Å². The van der Waals surface area contributed by atoms with E-state index in [1.54, 1.807) is 11.1 Å². The SMILES string of the molecule is CCOc1ccc2nc(N3CC(C(=O)NCc4cnc(C)cc4C)CC3=O)sc2c1. The van der Waals surface area contributed by atoms with Gasteiger partial charge in [0, 0.05) is 31.4 Å². The number of fused-ring (bicyclic) bond motifs is 1. The zero-order valence-electron chi connectivity index (χ0n) is 17.3. The van der Waals surface area contributed by atoms with Crippen LogP contribution in [0.3, 0.4) is 0 Å². The van der Waals surface area contributed by atoms with E-state index in [-0.39, 0.29) is 24.2 Å². The van der Waals surface area contributed by atoms with Crippen LogP contribution in [0.1, 0.15) is 30.2 Å².